The van der Waals surface area contributed by atoms with Crippen LogP contribution in [0.1, 0.15) is 24.6 Å². The van der Waals surface area contributed by atoms with Gasteiger partial charge < -0.3 is 19.6 Å². The van der Waals surface area contributed by atoms with Crippen molar-refractivity contribution in [2.75, 3.05) is 13.2 Å². The number of furan rings is 1. The van der Waals surface area contributed by atoms with E-state index in [9.17, 15) is 9.90 Å². The Morgan fingerprint density at radius 2 is 2.33 bits per heavy atom. The number of pyridine rings is 1. The number of nitrogens with zero attached hydrogens (tertiary/aromatic N) is 1. The Balaban J connectivity index is 1.67. The number of nitrogens with one attached hydrogen (secondary N) is 1. The summed E-state index contributed by atoms with van der Waals surface area (Å²) in [5.41, 5.74) is 0. The van der Waals surface area contributed by atoms with Gasteiger partial charge in [0, 0.05) is 12.6 Å². The van der Waals surface area contributed by atoms with Crippen molar-refractivity contribution in [1.82, 2.24) is 10.3 Å². The number of amides is 1. The fraction of sp³-hybridized carbons (Fsp3) is 0.333. The molecule has 2 N–H and O–H groups in total. The molecule has 2 heterocycles. The fourth-order valence-electron chi connectivity index (χ4n) is 1.82. The van der Waals surface area contributed by atoms with E-state index in [1.165, 1.54) is 6.26 Å². The lowest BCUT2D eigenvalue weighted by molar-refractivity contribution is -0.122. The first-order valence-corrected chi connectivity index (χ1v) is 6.76. The van der Waals surface area contributed by atoms with Crippen molar-refractivity contribution < 1.29 is 19.1 Å². The van der Waals surface area contributed by atoms with E-state index in [1.54, 1.807) is 30.6 Å². The van der Waals surface area contributed by atoms with Gasteiger partial charge in [-0.15, -0.1) is 0 Å². The maximum absolute atomic E-state index is 11.8. The molecule has 0 bridgehead atoms. The average molecular weight is 290 g/mol. The molecule has 0 aromatic carbocycles. The van der Waals surface area contributed by atoms with Gasteiger partial charge in [-0.2, -0.15) is 0 Å². The molecule has 0 aliphatic rings. The third-order valence-electron chi connectivity index (χ3n) is 2.86. The zero-order valence-electron chi connectivity index (χ0n) is 11.6. The number of aromatic nitrogens is 1. The molecule has 0 fully saturated rings. The molecule has 0 saturated heterocycles. The molecule has 0 aliphatic heterocycles. The van der Waals surface area contributed by atoms with Gasteiger partial charge in [0.1, 0.15) is 17.6 Å². The largest absolute Gasteiger partial charge is 0.492 e. The van der Waals surface area contributed by atoms with Crippen LogP contribution < -0.4 is 10.1 Å². The SMILES string of the molecule is O=C(CCCOc1cccnc1)NC(CO)c1ccco1. The van der Waals surface area contributed by atoms with E-state index in [0.717, 1.165) is 0 Å². The highest BCUT2D eigenvalue weighted by atomic mass is 16.5. The van der Waals surface area contributed by atoms with E-state index in [0.29, 0.717) is 31.0 Å². The van der Waals surface area contributed by atoms with E-state index in [4.69, 9.17) is 9.15 Å². The molecule has 0 saturated carbocycles. The van der Waals surface area contributed by atoms with Gasteiger partial charge in [-0.1, -0.05) is 0 Å². The number of carbonyl (C=O) groups is 1. The Kier molecular flexibility index (Phi) is 5.78. The van der Waals surface area contributed by atoms with Gasteiger partial charge in [-0.05, 0) is 30.7 Å². The fourth-order valence-corrected chi connectivity index (χ4v) is 1.82. The quantitative estimate of drug-likeness (QED) is 0.723. The molecule has 6 heteroatoms. The van der Waals surface area contributed by atoms with E-state index in [1.807, 2.05) is 6.07 Å². The molecule has 1 unspecified atom stereocenters. The maximum Gasteiger partial charge on any atom is 0.220 e. The van der Waals surface area contributed by atoms with Crippen molar-refractivity contribution in [3.05, 3.63) is 48.7 Å². The van der Waals surface area contributed by atoms with Gasteiger partial charge in [0.15, 0.2) is 0 Å². The van der Waals surface area contributed by atoms with E-state index in [2.05, 4.69) is 10.3 Å². The highest BCUT2D eigenvalue weighted by Gasteiger charge is 2.15. The average Bonchev–Trinajstić information content (AvgIpc) is 3.04. The summed E-state index contributed by atoms with van der Waals surface area (Å²) < 4.78 is 10.6. The molecule has 0 aliphatic carbocycles. The third kappa shape index (κ3) is 4.92. The van der Waals surface area contributed by atoms with Crippen LogP contribution >= 0.6 is 0 Å². The van der Waals surface area contributed by atoms with Crippen LogP contribution in [0.2, 0.25) is 0 Å². The smallest absolute Gasteiger partial charge is 0.220 e. The maximum atomic E-state index is 11.8. The van der Waals surface area contributed by atoms with Crippen molar-refractivity contribution in [3.63, 3.8) is 0 Å². The van der Waals surface area contributed by atoms with Crippen molar-refractivity contribution in [3.8, 4) is 5.75 Å². The van der Waals surface area contributed by atoms with Crippen LogP contribution in [-0.2, 0) is 4.79 Å². The highest BCUT2D eigenvalue weighted by Crippen LogP contribution is 2.13. The lowest BCUT2D eigenvalue weighted by atomic mass is 10.2. The monoisotopic (exact) mass is 290 g/mol. The second-order valence-electron chi connectivity index (χ2n) is 4.46. The Hall–Kier alpha value is -2.34. The number of carbonyl (C=O) groups excluding carboxylic acids is 1. The number of ether oxygens (including phenoxy) is 1. The zero-order chi connectivity index (χ0) is 14.9. The van der Waals surface area contributed by atoms with Crippen LogP contribution in [0.3, 0.4) is 0 Å². The molecule has 2 rings (SSSR count). The number of hydrogen-bond acceptors (Lipinski definition) is 5. The van der Waals surface area contributed by atoms with Crippen molar-refractivity contribution >= 4 is 5.91 Å². The van der Waals surface area contributed by atoms with E-state index in [-0.39, 0.29) is 12.5 Å². The van der Waals surface area contributed by atoms with E-state index >= 15 is 0 Å². The van der Waals surface area contributed by atoms with Gasteiger partial charge >= 0.3 is 0 Å². The molecule has 6 nitrogen and oxygen atoms in total. The first-order chi connectivity index (χ1) is 10.3. The van der Waals surface area contributed by atoms with Crippen LogP contribution in [0.25, 0.3) is 0 Å². The minimum Gasteiger partial charge on any atom is -0.492 e. The van der Waals surface area contributed by atoms with Gasteiger partial charge in [0.25, 0.3) is 0 Å². The van der Waals surface area contributed by atoms with Crippen LogP contribution in [0.15, 0.2) is 47.3 Å². The summed E-state index contributed by atoms with van der Waals surface area (Å²) in [4.78, 5) is 15.7. The van der Waals surface area contributed by atoms with Gasteiger partial charge in [-0.25, -0.2) is 0 Å². The standard InChI is InChI=1S/C15H18N2O4/c18-11-13(14-5-2-9-21-14)17-15(19)6-3-8-20-12-4-1-7-16-10-12/h1-2,4-5,7,9-10,13,18H,3,6,8,11H2,(H,17,19). The molecule has 1 atom stereocenters. The second kappa shape index (κ2) is 8.06. The summed E-state index contributed by atoms with van der Waals surface area (Å²) in [5, 5.41) is 12.0. The van der Waals surface area contributed by atoms with E-state index < -0.39 is 6.04 Å². The Morgan fingerprint density at radius 3 is 3.00 bits per heavy atom. The van der Waals surface area contributed by atoms with Crippen LogP contribution in [0.4, 0.5) is 0 Å². The number of rotatable bonds is 8. The first kappa shape index (κ1) is 15.1. The third-order valence-corrected chi connectivity index (χ3v) is 2.86. The summed E-state index contributed by atoms with van der Waals surface area (Å²) in [6.07, 6.45) is 5.70. The van der Waals surface area contributed by atoms with Crippen LogP contribution in [0, 0.1) is 0 Å². The number of hydrogen-bond donors (Lipinski definition) is 2. The second-order valence-corrected chi connectivity index (χ2v) is 4.46. The van der Waals surface area contributed by atoms with Crippen LogP contribution in [-0.4, -0.2) is 29.2 Å². The molecular formula is C15H18N2O4. The molecule has 0 radical (unpaired) electrons. The highest BCUT2D eigenvalue weighted by molar-refractivity contribution is 5.76. The summed E-state index contributed by atoms with van der Waals surface area (Å²) >= 11 is 0. The normalized spacial score (nSPS) is 11.9. The molecular weight excluding hydrogens is 272 g/mol. The summed E-state index contributed by atoms with van der Waals surface area (Å²) in [6.45, 7) is 0.231. The lowest BCUT2D eigenvalue weighted by Gasteiger charge is -2.13. The van der Waals surface area contributed by atoms with Gasteiger partial charge in [-0.3, -0.25) is 9.78 Å². The van der Waals surface area contributed by atoms with Gasteiger partial charge in [0.2, 0.25) is 5.91 Å². The lowest BCUT2D eigenvalue weighted by Crippen LogP contribution is -2.30. The predicted octanol–water partition coefficient (Wildman–Crippen LogP) is 1.68. The minimum atomic E-state index is -0.508. The number of aliphatic hydroxyl groups excluding tert-OH is 1. The molecule has 21 heavy (non-hydrogen) atoms. The predicted molar refractivity (Wildman–Crippen MR) is 75.6 cm³/mol. The van der Waals surface area contributed by atoms with Crippen molar-refractivity contribution in [2.45, 2.75) is 18.9 Å². The number of aliphatic hydroxyl groups is 1. The summed E-state index contributed by atoms with van der Waals surface area (Å²) in [7, 11) is 0. The summed E-state index contributed by atoms with van der Waals surface area (Å²) in [5.74, 6) is 1.07. The Labute approximate surface area is 122 Å². The van der Waals surface area contributed by atoms with Crippen molar-refractivity contribution in [2.24, 2.45) is 0 Å². The Morgan fingerprint density at radius 1 is 1.43 bits per heavy atom. The molecule has 2 aromatic rings. The summed E-state index contributed by atoms with van der Waals surface area (Å²) in [6, 6.07) is 6.52. The molecule has 112 valence electrons. The first-order valence-electron chi connectivity index (χ1n) is 6.76. The molecule has 2 aromatic heterocycles. The minimum absolute atomic E-state index is 0.153. The topological polar surface area (TPSA) is 84.6 Å². The zero-order valence-corrected chi connectivity index (χ0v) is 11.6. The molecule has 1 amide bonds. The van der Waals surface area contributed by atoms with Crippen LogP contribution in [0.5, 0.6) is 5.75 Å². The van der Waals surface area contributed by atoms with Crippen molar-refractivity contribution in [1.29, 1.82) is 0 Å². The Bertz CT molecular complexity index is 528. The van der Waals surface area contributed by atoms with Gasteiger partial charge in [0.05, 0.1) is 25.7 Å². The molecule has 0 spiro atoms.